The summed E-state index contributed by atoms with van der Waals surface area (Å²) in [7, 11) is 1.42. The van der Waals surface area contributed by atoms with E-state index in [1.807, 2.05) is 6.92 Å². The van der Waals surface area contributed by atoms with Gasteiger partial charge in [0.2, 0.25) is 5.88 Å². The highest BCUT2D eigenvalue weighted by molar-refractivity contribution is 5.96. The molecule has 1 atom stereocenters. The van der Waals surface area contributed by atoms with Gasteiger partial charge in [0.25, 0.3) is 5.91 Å². The van der Waals surface area contributed by atoms with Crippen molar-refractivity contribution in [2.75, 3.05) is 7.11 Å². The molecule has 1 aromatic heterocycles. The molecule has 1 unspecified atom stereocenters. The molecule has 18 heavy (non-hydrogen) atoms. The van der Waals surface area contributed by atoms with E-state index in [0.29, 0.717) is 12.0 Å². The van der Waals surface area contributed by atoms with Gasteiger partial charge >= 0.3 is 5.97 Å². The van der Waals surface area contributed by atoms with E-state index in [0.717, 1.165) is 0 Å². The average molecular weight is 252 g/mol. The van der Waals surface area contributed by atoms with Crippen molar-refractivity contribution in [3.05, 3.63) is 23.9 Å². The van der Waals surface area contributed by atoms with Gasteiger partial charge in [-0.05, 0) is 18.6 Å². The number of ether oxygens (including phenoxy) is 1. The Morgan fingerprint density at radius 2 is 2.28 bits per heavy atom. The van der Waals surface area contributed by atoms with Gasteiger partial charge in [-0.15, -0.1) is 0 Å². The Hall–Kier alpha value is -2.11. The summed E-state index contributed by atoms with van der Waals surface area (Å²) in [5.74, 6) is -1.10. The Labute approximate surface area is 105 Å². The van der Waals surface area contributed by atoms with E-state index in [4.69, 9.17) is 9.84 Å². The molecule has 0 aliphatic heterocycles. The number of amides is 1. The predicted molar refractivity (Wildman–Crippen MR) is 64.6 cm³/mol. The van der Waals surface area contributed by atoms with E-state index in [-0.39, 0.29) is 18.2 Å². The van der Waals surface area contributed by atoms with Crippen LogP contribution in [-0.4, -0.2) is 35.1 Å². The Morgan fingerprint density at radius 3 is 2.83 bits per heavy atom. The Balaban J connectivity index is 2.77. The predicted octanol–water partition coefficient (Wildman–Crippen LogP) is 1.07. The number of aromatic nitrogens is 1. The number of hydrogen-bond donors (Lipinski definition) is 2. The zero-order valence-corrected chi connectivity index (χ0v) is 10.3. The summed E-state index contributed by atoms with van der Waals surface area (Å²) in [6.45, 7) is 1.81. The third-order valence-corrected chi connectivity index (χ3v) is 2.46. The molecule has 0 spiro atoms. The quantitative estimate of drug-likeness (QED) is 0.790. The Bertz CT molecular complexity index is 434. The molecule has 6 heteroatoms. The van der Waals surface area contributed by atoms with Crippen LogP contribution in [0.1, 0.15) is 30.1 Å². The SMILES string of the molecule is CCC(CC(=O)O)NC(=O)c1cccnc1OC. The molecule has 1 aromatic rings. The monoisotopic (exact) mass is 252 g/mol. The fourth-order valence-corrected chi connectivity index (χ4v) is 1.50. The van der Waals surface area contributed by atoms with E-state index < -0.39 is 12.0 Å². The molecule has 6 nitrogen and oxygen atoms in total. The van der Waals surface area contributed by atoms with Crippen molar-refractivity contribution in [2.24, 2.45) is 0 Å². The van der Waals surface area contributed by atoms with Gasteiger partial charge in [0.15, 0.2) is 0 Å². The highest BCUT2D eigenvalue weighted by Crippen LogP contribution is 2.13. The topological polar surface area (TPSA) is 88.5 Å². The van der Waals surface area contributed by atoms with E-state index in [2.05, 4.69) is 10.3 Å². The van der Waals surface area contributed by atoms with Crippen molar-refractivity contribution < 1.29 is 19.4 Å². The second-order valence-corrected chi connectivity index (χ2v) is 3.74. The summed E-state index contributed by atoms with van der Waals surface area (Å²) in [5, 5.41) is 11.4. The van der Waals surface area contributed by atoms with Crippen molar-refractivity contribution in [1.82, 2.24) is 10.3 Å². The minimum Gasteiger partial charge on any atom is -0.481 e. The average Bonchev–Trinajstić information content (AvgIpc) is 2.37. The van der Waals surface area contributed by atoms with Gasteiger partial charge < -0.3 is 15.2 Å². The van der Waals surface area contributed by atoms with Crippen LogP contribution in [0.2, 0.25) is 0 Å². The van der Waals surface area contributed by atoms with Gasteiger partial charge in [-0.2, -0.15) is 0 Å². The lowest BCUT2D eigenvalue weighted by Gasteiger charge is -2.15. The molecule has 98 valence electrons. The number of carbonyl (C=O) groups excluding carboxylic acids is 1. The van der Waals surface area contributed by atoms with Crippen LogP contribution in [0.4, 0.5) is 0 Å². The number of hydrogen-bond acceptors (Lipinski definition) is 4. The van der Waals surface area contributed by atoms with Gasteiger partial charge in [-0.25, -0.2) is 4.98 Å². The first kappa shape index (κ1) is 14.0. The number of nitrogens with zero attached hydrogens (tertiary/aromatic N) is 1. The van der Waals surface area contributed by atoms with E-state index >= 15 is 0 Å². The second-order valence-electron chi connectivity index (χ2n) is 3.74. The molecule has 0 aliphatic carbocycles. The first-order chi connectivity index (χ1) is 8.58. The smallest absolute Gasteiger partial charge is 0.305 e. The molecule has 0 bridgehead atoms. The zero-order chi connectivity index (χ0) is 13.5. The molecule has 0 aliphatic rings. The van der Waals surface area contributed by atoms with Gasteiger partial charge in [-0.3, -0.25) is 9.59 Å². The van der Waals surface area contributed by atoms with Crippen LogP contribution < -0.4 is 10.1 Å². The fourth-order valence-electron chi connectivity index (χ4n) is 1.50. The van der Waals surface area contributed by atoms with Crippen LogP contribution in [0.3, 0.4) is 0 Å². The molecule has 0 aromatic carbocycles. The summed E-state index contributed by atoms with van der Waals surface area (Å²) in [5.41, 5.74) is 0.295. The van der Waals surface area contributed by atoms with Crippen molar-refractivity contribution >= 4 is 11.9 Å². The summed E-state index contributed by atoms with van der Waals surface area (Å²) in [4.78, 5) is 26.5. The Kier molecular flexibility index (Phi) is 5.10. The van der Waals surface area contributed by atoms with Gasteiger partial charge in [0.1, 0.15) is 5.56 Å². The molecular formula is C12H16N2O4. The van der Waals surface area contributed by atoms with E-state index in [9.17, 15) is 9.59 Å². The van der Waals surface area contributed by atoms with Crippen LogP contribution in [0.25, 0.3) is 0 Å². The van der Waals surface area contributed by atoms with Crippen LogP contribution in [0.5, 0.6) is 5.88 Å². The van der Waals surface area contributed by atoms with Crippen LogP contribution in [0, 0.1) is 0 Å². The lowest BCUT2D eigenvalue weighted by Crippen LogP contribution is -2.36. The number of pyridine rings is 1. The van der Waals surface area contributed by atoms with Crippen molar-refractivity contribution in [1.29, 1.82) is 0 Å². The number of aliphatic carboxylic acids is 1. The largest absolute Gasteiger partial charge is 0.481 e. The van der Waals surface area contributed by atoms with Crippen LogP contribution >= 0.6 is 0 Å². The molecule has 0 radical (unpaired) electrons. The lowest BCUT2D eigenvalue weighted by molar-refractivity contribution is -0.137. The van der Waals surface area contributed by atoms with Crippen molar-refractivity contribution in [3.63, 3.8) is 0 Å². The summed E-state index contributed by atoms with van der Waals surface area (Å²) in [6.07, 6.45) is 1.95. The summed E-state index contributed by atoms with van der Waals surface area (Å²) in [6, 6.07) is 2.80. The van der Waals surface area contributed by atoms with Crippen LogP contribution in [0.15, 0.2) is 18.3 Å². The number of carboxylic acid groups (broad SMARTS) is 1. The number of methoxy groups -OCH3 is 1. The maximum absolute atomic E-state index is 12.0. The number of nitrogens with one attached hydrogen (secondary N) is 1. The van der Waals surface area contributed by atoms with Crippen molar-refractivity contribution in [3.8, 4) is 5.88 Å². The third-order valence-electron chi connectivity index (χ3n) is 2.46. The molecule has 0 saturated carbocycles. The highest BCUT2D eigenvalue weighted by atomic mass is 16.5. The molecule has 0 saturated heterocycles. The number of rotatable bonds is 6. The third kappa shape index (κ3) is 3.73. The molecule has 1 heterocycles. The second kappa shape index (κ2) is 6.58. The molecular weight excluding hydrogens is 236 g/mol. The van der Waals surface area contributed by atoms with Gasteiger partial charge in [0, 0.05) is 12.2 Å². The van der Waals surface area contributed by atoms with Gasteiger partial charge in [-0.1, -0.05) is 6.92 Å². The fraction of sp³-hybridized carbons (Fsp3) is 0.417. The molecule has 1 rings (SSSR count). The first-order valence-corrected chi connectivity index (χ1v) is 5.60. The molecule has 0 fully saturated rings. The van der Waals surface area contributed by atoms with E-state index in [1.165, 1.54) is 13.3 Å². The maximum Gasteiger partial charge on any atom is 0.305 e. The number of carboxylic acids is 1. The first-order valence-electron chi connectivity index (χ1n) is 5.60. The molecule has 1 amide bonds. The van der Waals surface area contributed by atoms with Crippen LogP contribution in [-0.2, 0) is 4.79 Å². The lowest BCUT2D eigenvalue weighted by atomic mass is 10.1. The minimum atomic E-state index is -0.944. The van der Waals surface area contributed by atoms with E-state index in [1.54, 1.807) is 12.1 Å². The standard InChI is InChI=1S/C12H16N2O4/c1-3-8(7-10(15)16)14-11(17)9-5-4-6-13-12(9)18-2/h4-6,8H,3,7H2,1-2H3,(H,14,17)(H,15,16). The molecule has 2 N–H and O–H groups in total. The zero-order valence-electron chi connectivity index (χ0n) is 10.3. The minimum absolute atomic E-state index is 0.106. The Morgan fingerprint density at radius 1 is 1.56 bits per heavy atom. The maximum atomic E-state index is 12.0. The van der Waals surface area contributed by atoms with Gasteiger partial charge in [0.05, 0.1) is 13.5 Å². The summed E-state index contributed by atoms with van der Waals surface area (Å²) >= 11 is 0. The highest BCUT2D eigenvalue weighted by Gasteiger charge is 2.18. The normalized spacial score (nSPS) is 11.7. The number of carbonyl (C=O) groups is 2. The van der Waals surface area contributed by atoms with Crippen molar-refractivity contribution in [2.45, 2.75) is 25.8 Å². The summed E-state index contributed by atoms with van der Waals surface area (Å²) < 4.78 is 4.97.